The zero-order valence-electron chi connectivity index (χ0n) is 14.3. The van der Waals surface area contributed by atoms with Gasteiger partial charge >= 0.3 is 5.97 Å². The van der Waals surface area contributed by atoms with Crippen molar-refractivity contribution in [2.45, 2.75) is 24.3 Å². The van der Waals surface area contributed by atoms with Crippen LogP contribution in [0, 0.1) is 0 Å². The van der Waals surface area contributed by atoms with E-state index >= 15 is 0 Å². The maximum atomic E-state index is 12.1. The van der Waals surface area contributed by atoms with Crippen LogP contribution in [0.2, 0.25) is 0 Å². The summed E-state index contributed by atoms with van der Waals surface area (Å²) in [4.78, 5) is 38.5. The lowest BCUT2D eigenvalue weighted by molar-refractivity contribution is -0.154. The van der Waals surface area contributed by atoms with Crippen molar-refractivity contribution >= 4 is 35.2 Å². The Bertz CT molecular complexity index is 637. The molecule has 8 heteroatoms. The molecule has 0 saturated heterocycles. The van der Waals surface area contributed by atoms with Crippen LogP contribution in [0.4, 0.5) is 5.69 Å². The van der Waals surface area contributed by atoms with Crippen molar-refractivity contribution in [3.63, 3.8) is 0 Å². The van der Waals surface area contributed by atoms with E-state index in [1.165, 1.54) is 25.8 Å². The Labute approximate surface area is 151 Å². The van der Waals surface area contributed by atoms with Gasteiger partial charge < -0.3 is 19.7 Å². The van der Waals surface area contributed by atoms with Crippen LogP contribution in [0.5, 0.6) is 0 Å². The molecule has 0 aliphatic carbocycles. The molecule has 0 unspecified atom stereocenters. The molecule has 7 nitrogen and oxygen atoms in total. The van der Waals surface area contributed by atoms with E-state index in [2.05, 4.69) is 5.32 Å². The summed E-state index contributed by atoms with van der Waals surface area (Å²) in [5.74, 6) is -0.578. The molecule has 1 atom stereocenters. The van der Waals surface area contributed by atoms with Crippen molar-refractivity contribution in [2.75, 3.05) is 37.5 Å². The van der Waals surface area contributed by atoms with E-state index < -0.39 is 12.1 Å². The molecule has 136 valence electrons. The van der Waals surface area contributed by atoms with Gasteiger partial charge in [-0.3, -0.25) is 14.4 Å². The predicted molar refractivity (Wildman–Crippen MR) is 94.6 cm³/mol. The number of carbonyl (C=O) groups excluding carboxylic acids is 3. The van der Waals surface area contributed by atoms with Crippen LogP contribution >= 0.6 is 11.8 Å². The number of nitrogens with zero attached hydrogens (tertiary/aromatic N) is 1. The molecule has 2 rings (SSSR count). The van der Waals surface area contributed by atoms with Gasteiger partial charge in [-0.15, -0.1) is 11.8 Å². The Morgan fingerprint density at radius 1 is 1.36 bits per heavy atom. The molecule has 0 saturated carbocycles. The first-order valence-corrected chi connectivity index (χ1v) is 8.99. The summed E-state index contributed by atoms with van der Waals surface area (Å²) in [6.45, 7) is 2.49. The number of rotatable bonds is 8. The first-order valence-electron chi connectivity index (χ1n) is 8.01. The van der Waals surface area contributed by atoms with Gasteiger partial charge in [0.15, 0.2) is 6.10 Å². The Balaban J connectivity index is 1.83. The molecule has 25 heavy (non-hydrogen) atoms. The summed E-state index contributed by atoms with van der Waals surface area (Å²) >= 11 is 1.49. The van der Waals surface area contributed by atoms with Crippen molar-refractivity contribution in [1.29, 1.82) is 0 Å². The van der Waals surface area contributed by atoms with Crippen LogP contribution in [0.15, 0.2) is 29.2 Å². The van der Waals surface area contributed by atoms with Crippen LogP contribution in [-0.4, -0.2) is 56.4 Å². The van der Waals surface area contributed by atoms with E-state index in [1.807, 2.05) is 24.3 Å². The number of methoxy groups -OCH3 is 1. The van der Waals surface area contributed by atoms with E-state index in [-0.39, 0.29) is 24.8 Å². The number of thioether (sulfide) groups is 1. The van der Waals surface area contributed by atoms with Crippen LogP contribution in [0.3, 0.4) is 0 Å². The fourth-order valence-corrected chi connectivity index (χ4v) is 3.27. The monoisotopic (exact) mass is 366 g/mol. The molecule has 2 amide bonds. The normalized spacial score (nSPS) is 14.6. The predicted octanol–water partition coefficient (Wildman–Crippen LogP) is 1.21. The first kappa shape index (κ1) is 19.3. The molecule has 0 fully saturated rings. The van der Waals surface area contributed by atoms with Gasteiger partial charge in [-0.1, -0.05) is 12.1 Å². The lowest BCUT2D eigenvalue weighted by Gasteiger charge is -2.28. The number of esters is 1. The maximum Gasteiger partial charge on any atom is 0.308 e. The van der Waals surface area contributed by atoms with E-state index in [9.17, 15) is 14.4 Å². The molecule has 0 bridgehead atoms. The number of carbonyl (C=O) groups is 3. The van der Waals surface area contributed by atoms with Crippen LogP contribution in [0.25, 0.3) is 0 Å². The Morgan fingerprint density at radius 2 is 2.12 bits per heavy atom. The summed E-state index contributed by atoms with van der Waals surface area (Å²) in [6, 6.07) is 7.58. The highest BCUT2D eigenvalue weighted by molar-refractivity contribution is 8.00. The van der Waals surface area contributed by atoms with Crippen molar-refractivity contribution in [3.8, 4) is 0 Å². The van der Waals surface area contributed by atoms with Crippen molar-refractivity contribution in [2.24, 2.45) is 0 Å². The molecule has 1 aliphatic rings. The fraction of sp³-hybridized carbons (Fsp3) is 0.471. The summed E-state index contributed by atoms with van der Waals surface area (Å²) in [5, 5.41) is 2.61. The molecular weight excluding hydrogens is 344 g/mol. The molecular formula is C17H22N2O5S. The summed E-state index contributed by atoms with van der Waals surface area (Å²) in [7, 11) is 1.54. The molecule has 0 spiro atoms. The minimum Gasteiger partial charge on any atom is -0.452 e. The Hall–Kier alpha value is -2.06. The average molecular weight is 366 g/mol. The van der Waals surface area contributed by atoms with E-state index in [0.29, 0.717) is 18.9 Å². The fourth-order valence-electron chi connectivity index (χ4n) is 2.33. The molecule has 1 aromatic rings. The van der Waals surface area contributed by atoms with Gasteiger partial charge in [0, 0.05) is 25.1 Å². The SMILES string of the molecule is COCCNC(=O)[C@@H](C)OC(=O)CCN1C(=O)CSc2ccccc21. The second kappa shape index (κ2) is 9.43. The van der Waals surface area contributed by atoms with Crippen LogP contribution in [-0.2, 0) is 23.9 Å². The highest BCUT2D eigenvalue weighted by Gasteiger charge is 2.25. The molecule has 1 aliphatic heterocycles. The quantitative estimate of drug-likeness (QED) is 0.550. The maximum absolute atomic E-state index is 12.1. The van der Waals surface area contributed by atoms with E-state index in [4.69, 9.17) is 9.47 Å². The lowest BCUT2D eigenvalue weighted by Crippen LogP contribution is -2.39. The zero-order valence-corrected chi connectivity index (χ0v) is 15.1. The summed E-state index contributed by atoms with van der Waals surface area (Å²) in [5.41, 5.74) is 0.807. The minimum atomic E-state index is -0.885. The van der Waals surface area contributed by atoms with Gasteiger partial charge in [0.2, 0.25) is 5.91 Å². The standard InChI is InChI=1S/C17H22N2O5S/c1-12(17(22)18-8-10-23-2)24-16(21)7-9-19-13-5-3-4-6-14(13)25-11-15(19)20/h3-6,12H,7-11H2,1-2H3,(H,18,22)/t12-/m1/s1. The molecule has 1 heterocycles. The Kier molecular flexibility index (Phi) is 7.27. The number of benzene rings is 1. The zero-order chi connectivity index (χ0) is 18.2. The number of fused-ring (bicyclic) bond motifs is 1. The van der Waals surface area contributed by atoms with Crippen molar-refractivity contribution in [1.82, 2.24) is 5.32 Å². The number of anilines is 1. The topological polar surface area (TPSA) is 84.9 Å². The second-order valence-electron chi connectivity index (χ2n) is 5.47. The third-order valence-electron chi connectivity index (χ3n) is 3.63. The minimum absolute atomic E-state index is 0.0282. The highest BCUT2D eigenvalue weighted by Crippen LogP contribution is 2.34. The largest absolute Gasteiger partial charge is 0.452 e. The molecule has 0 radical (unpaired) electrons. The van der Waals surface area contributed by atoms with E-state index in [1.54, 1.807) is 4.90 Å². The third kappa shape index (κ3) is 5.47. The number of hydrogen-bond donors (Lipinski definition) is 1. The molecule has 1 N–H and O–H groups in total. The number of hydrogen-bond acceptors (Lipinski definition) is 6. The van der Waals surface area contributed by atoms with Crippen LogP contribution < -0.4 is 10.2 Å². The van der Waals surface area contributed by atoms with Crippen LogP contribution in [0.1, 0.15) is 13.3 Å². The van der Waals surface area contributed by atoms with Gasteiger partial charge in [-0.05, 0) is 19.1 Å². The third-order valence-corrected chi connectivity index (χ3v) is 4.68. The average Bonchev–Trinajstić information content (AvgIpc) is 2.61. The smallest absolute Gasteiger partial charge is 0.308 e. The molecule has 0 aromatic heterocycles. The van der Waals surface area contributed by atoms with Gasteiger partial charge in [0.25, 0.3) is 5.91 Å². The van der Waals surface area contributed by atoms with Gasteiger partial charge in [-0.25, -0.2) is 0 Å². The van der Waals surface area contributed by atoms with E-state index in [0.717, 1.165) is 10.6 Å². The first-order chi connectivity index (χ1) is 12.0. The van der Waals surface area contributed by atoms with Gasteiger partial charge in [-0.2, -0.15) is 0 Å². The summed E-state index contributed by atoms with van der Waals surface area (Å²) < 4.78 is 9.96. The number of nitrogens with one attached hydrogen (secondary N) is 1. The number of amides is 2. The summed E-state index contributed by atoms with van der Waals surface area (Å²) in [6.07, 6.45) is -0.857. The van der Waals surface area contributed by atoms with Gasteiger partial charge in [0.05, 0.1) is 24.5 Å². The highest BCUT2D eigenvalue weighted by atomic mass is 32.2. The lowest BCUT2D eigenvalue weighted by atomic mass is 10.2. The Morgan fingerprint density at radius 3 is 2.88 bits per heavy atom. The van der Waals surface area contributed by atoms with Crippen molar-refractivity contribution < 1.29 is 23.9 Å². The second-order valence-corrected chi connectivity index (χ2v) is 6.48. The van der Waals surface area contributed by atoms with Gasteiger partial charge in [0.1, 0.15) is 0 Å². The number of para-hydroxylation sites is 1. The molecule has 1 aromatic carbocycles. The van der Waals surface area contributed by atoms with Crippen molar-refractivity contribution in [3.05, 3.63) is 24.3 Å². The number of ether oxygens (including phenoxy) is 2.